The molecule has 0 aliphatic carbocycles. The van der Waals surface area contributed by atoms with Gasteiger partial charge in [-0.2, -0.15) is 0 Å². The molecule has 0 bridgehead atoms. The number of carboxylic acids is 1. The van der Waals surface area contributed by atoms with Crippen molar-refractivity contribution in [3.05, 3.63) is 23.8 Å². The van der Waals surface area contributed by atoms with E-state index in [9.17, 15) is 15.0 Å². The number of benzene rings is 1. The predicted octanol–water partition coefficient (Wildman–Crippen LogP) is 2.18. The molecule has 0 heterocycles. The molecule has 2 unspecified atom stereocenters. The first-order chi connectivity index (χ1) is 8.88. The van der Waals surface area contributed by atoms with E-state index in [1.54, 1.807) is 20.8 Å². The maximum Gasteiger partial charge on any atom is 0.309 e. The number of aliphatic hydroxyl groups excluding tert-OH is 1. The number of aliphatic hydroxyl groups is 1. The number of carboxylic acid groups (broad SMARTS) is 1. The van der Waals surface area contributed by atoms with Gasteiger partial charge in [-0.05, 0) is 30.5 Å². The summed E-state index contributed by atoms with van der Waals surface area (Å²) in [4.78, 5) is 11.2. The van der Waals surface area contributed by atoms with Crippen LogP contribution in [-0.2, 0) is 4.79 Å². The Hall–Kier alpha value is -1.75. The van der Waals surface area contributed by atoms with E-state index in [-0.39, 0.29) is 17.4 Å². The summed E-state index contributed by atoms with van der Waals surface area (Å²) < 4.78 is 5.22. The third-order valence-corrected chi connectivity index (χ3v) is 2.97. The molecule has 0 aliphatic rings. The minimum absolute atomic E-state index is 0.0331. The Kier molecular flexibility index (Phi) is 5.18. The zero-order chi connectivity index (χ0) is 14.6. The van der Waals surface area contributed by atoms with Crippen molar-refractivity contribution in [1.82, 2.24) is 0 Å². The van der Waals surface area contributed by atoms with Crippen molar-refractivity contribution in [3.63, 3.8) is 0 Å². The first-order valence-electron chi connectivity index (χ1n) is 6.25. The van der Waals surface area contributed by atoms with E-state index in [0.717, 1.165) is 0 Å². The van der Waals surface area contributed by atoms with E-state index < -0.39 is 18.0 Å². The van der Waals surface area contributed by atoms with E-state index in [1.165, 1.54) is 18.2 Å². The summed E-state index contributed by atoms with van der Waals surface area (Å²) in [6, 6.07) is 4.37. The second-order valence-corrected chi connectivity index (χ2v) is 4.71. The van der Waals surface area contributed by atoms with Crippen LogP contribution in [0.25, 0.3) is 0 Å². The highest BCUT2D eigenvalue weighted by Gasteiger charge is 2.31. The average molecular weight is 268 g/mol. The van der Waals surface area contributed by atoms with Gasteiger partial charge in [-0.1, -0.05) is 19.9 Å². The number of hydrogen-bond acceptors (Lipinski definition) is 4. The van der Waals surface area contributed by atoms with Crippen LogP contribution in [0.1, 0.15) is 32.4 Å². The number of rotatable bonds is 6. The van der Waals surface area contributed by atoms with Gasteiger partial charge in [0.2, 0.25) is 0 Å². The van der Waals surface area contributed by atoms with Crippen molar-refractivity contribution < 1.29 is 24.9 Å². The van der Waals surface area contributed by atoms with Crippen molar-refractivity contribution in [2.75, 3.05) is 6.61 Å². The number of hydrogen-bond donors (Lipinski definition) is 3. The van der Waals surface area contributed by atoms with Crippen molar-refractivity contribution in [2.24, 2.45) is 11.8 Å². The Balaban J connectivity index is 3.07. The molecule has 3 N–H and O–H groups in total. The summed E-state index contributed by atoms with van der Waals surface area (Å²) in [6.07, 6.45) is -1.14. The standard InChI is InChI=1S/C14H20O5/c1-4-19-11-7-9(5-6-10(11)15)13(16)12(8(2)3)14(17)18/h5-8,12-13,15-16H,4H2,1-3H3,(H,17,18). The average Bonchev–Trinajstić information content (AvgIpc) is 2.31. The molecule has 0 saturated heterocycles. The van der Waals surface area contributed by atoms with Gasteiger partial charge >= 0.3 is 5.97 Å². The molecule has 0 fully saturated rings. The van der Waals surface area contributed by atoms with Crippen molar-refractivity contribution in [2.45, 2.75) is 26.9 Å². The summed E-state index contributed by atoms with van der Waals surface area (Å²) in [5, 5.41) is 28.9. The summed E-state index contributed by atoms with van der Waals surface area (Å²) in [5.41, 5.74) is 0.419. The highest BCUT2D eigenvalue weighted by atomic mass is 16.5. The van der Waals surface area contributed by atoms with Gasteiger partial charge in [-0.25, -0.2) is 0 Å². The maximum atomic E-state index is 11.2. The van der Waals surface area contributed by atoms with Gasteiger partial charge in [0.05, 0.1) is 18.6 Å². The molecule has 0 radical (unpaired) electrons. The minimum atomic E-state index is -1.14. The third kappa shape index (κ3) is 3.61. The lowest BCUT2D eigenvalue weighted by molar-refractivity contribution is -0.148. The highest BCUT2D eigenvalue weighted by molar-refractivity contribution is 5.71. The number of ether oxygens (including phenoxy) is 1. The van der Waals surface area contributed by atoms with Crippen LogP contribution >= 0.6 is 0 Å². The Morgan fingerprint density at radius 1 is 1.37 bits per heavy atom. The van der Waals surface area contributed by atoms with Crippen LogP contribution in [0.4, 0.5) is 0 Å². The fourth-order valence-electron chi connectivity index (χ4n) is 1.98. The SMILES string of the molecule is CCOc1cc(C(O)C(C(=O)O)C(C)C)ccc1O. The van der Waals surface area contributed by atoms with Crippen LogP contribution in [-0.4, -0.2) is 27.9 Å². The molecule has 106 valence electrons. The topological polar surface area (TPSA) is 87.0 Å². The molecule has 0 spiro atoms. The fraction of sp³-hybridized carbons (Fsp3) is 0.500. The number of aromatic hydroxyl groups is 1. The Labute approximate surface area is 112 Å². The Morgan fingerprint density at radius 2 is 2.00 bits per heavy atom. The molecule has 0 amide bonds. The number of aliphatic carboxylic acids is 1. The molecule has 1 rings (SSSR count). The number of phenolic OH excluding ortho intramolecular Hbond substituents is 1. The Morgan fingerprint density at radius 3 is 2.47 bits per heavy atom. The molecule has 5 heteroatoms. The van der Waals surface area contributed by atoms with E-state index >= 15 is 0 Å². The van der Waals surface area contributed by atoms with Gasteiger partial charge in [-0.3, -0.25) is 4.79 Å². The van der Waals surface area contributed by atoms with E-state index in [4.69, 9.17) is 9.84 Å². The fourth-order valence-corrected chi connectivity index (χ4v) is 1.98. The lowest BCUT2D eigenvalue weighted by atomic mass is 9.86. The quantitative estimate of drug-likeness (QED) is 0.736. The first-order valence-corrected chi connectivity index (χ1v) is 6.25. The molecule has 0 aromatic heterocycles. The molecule has 0 saturated carbocycles. The molecule has 2 atom stereocenters. The smallest absolute Gasteiger partial charge is 0.309 e. The Bertz CT molecular complexity index is 441. The van der Waals surface area contributed by atoms with Crippen LogP contribution in [0.2, 0.25) is 0 Å². The number of phenols is 1. The first kappa shape index (κ1) is 15.3. The maximum absolute atomic E-state index is 11.2. The minimum Gasteiger partial charge on any atom is -0.504 e. The zero-order valence-corrected chi connectivity index (χ0v) is 11.3. The summed E-state index contributed by atoms with van der Waals surface area (Å²) in [5.74, 6) is -1.95. The van der Waals surface area contributed by atoms with E-state index in [2.05, 4.69) is 0 Å². The third-order valence-electron chi connectivity index (χ3n) is 2.97. The largest absolute Gasteiger partial charge is 0.504 e. The van der Waals surface area contributed by atoms with Gasteiger partial charge in [0.25, 0.3) is 0 Å². The summed E-state index contributed by atoms with van der Waals surface area (Å²) in [6.45, 7) is 5.63. The van der Waals surface area contributed by atoms with Crippen molar-refractivity contribution >= 4 is 5.97 Å². The van der Waals surface area contributed by atoms with Gasteiger partial charge in [-0.15, -0.1) is 0 Å². The van der Waals surface area contributed by atoms with Gasteiger partial charge in [0, 0.05) is 0 Å². The van der Waals surface area contributed by atoms with Crippen molar-refractivity contribution in [3.8, 4) is 11.5 Å². The molecule has 5 nitrogen and oxygen atoms in total. The van der Waals surface area contributed by atoms with E-state index in [0.29, 0.717) is 12.2 Å². The summed E-state index contributed by atoms with van der Waals surface area (Å²) >= 11 is 0. The molecular formula is C14H20O5. The summed E-state index contributed by atoms with van der Waals surface area (Å²) in [7, 11) is 0. The highest BCUT2D eigenvalue weighted by Crippen LogP contribution is 2.34. The van der Waals surface area contributed by atoms with Crippen molar-refractivity contribution in [1.29, 1.82) is 0 Å². The number of carbonyl (C=O) groups is 1. The predicted molar refractivity (Wildman–Crippen MR) is 70.2 cm³/mol. The second kappa shape index (κ2) is 6.43. The van der Waals surface area contributed by atoms with Gasteiger partial charge < -0.3 is 20.1 Å². The van der Waals surface area contributed by atoms with Crippen LogP contribution in [0.3, 0.4) is 0 Å². The van der Waals surface area contributed by atoms with Crippen LogP contribution in [0.5, 0.6) is 11.5 Å². The molecule has 1 aromatic carbocycles. The normalized spacial score (nSPS) is 14.2. The van der Waals surface area contributed by atoms with Crippen LogP contribution in [0.15, 0.2) is 18.2 Å². The van der Waals surface area contributed by atoms with Crippen LogP contribution < -0.4 is 4.74 Å². The molecular weight excluding hydrogens is 248 g/mol. The van der Waals surface area contributed by atoms with Gasteiger partial charge in [0.15, 0.2) is 11.5 Å². The molecule has 1 aromatic rings. The van der Waals surface area contributed by atoms with Gasteiger partial charge in [0.1, 0.15) is 0 Å². The zero-order valence-electron chi connectivity index (χ0n) is 11.3. The molecule has 0 aliphatic heterocycles. The molecule has 19 heavy (non-hydrogen) atoms. The monoisotopic (exact) mass is 268 g/mol. The van der Waals surface area contributed by atoms with Crippen LogP contribution in [0, 0.1) is 11.8 Å². The lowest BCUT2D eigenvalue weighted by Gasteiger charge is -2.23. The van der Waals surface area contributed by atoms with E-state index in [1.807, 2.05) is 0 Å². The lowest BCUT2D eigenvalue weighted by Crippen LogP contribution is -2.26. The second-order valence-electron chi connectivity index (χ2n) is 4.71.